The topological polar surface area (TPSA) is 32.3 Å². The molecule has 12 heavy (non-hydrogen) atoms. The van der Waals surface area contributed by atoms with Crippen molar-refractivity contribution >= 4 is 6.41 Å². The molecule has 0 atom stereocenters. The molecule has 1 rings (SSSR count). The first-order chi connectivity index (χ1) is 5.35. The van der Waals surface area contributed by atoms with E-state index < -0.39 is 0 Å². The number of piperazine rings is 1. The highest BCUT2D eigenvalue weighted by atomic mass is 16.1. The van der Waals surface area contributed by atoms with Gasteiger partial charge in [0.15, 0.2) is 0 Å². The first kappa shape index (κ1) is 9.52. The fraction of sp³-hybridized carbons (Fsp3) is 0.889. The zero-order valence-corrected chi connectivity index (χ0v) is 8.35. The van der Waals surface area contributed by atoms with E-state index in [-0.39, 0.29) is 11.1 Å². The van der Waals surface area contributed by atoms with Crippen LogP contribution in [0.3, 0.4) is 0 Å². The summed E-state index contributed by atoms with van der Waals surface area (Å²) in [5.41, 5.74) is 0.0608. The Hall–Kier alpha value is -0.570. The maximum atomic E-state index is 10.6. The molecule has 0 bridgehead atoms. The summed E-state index contributed by atoms with van der Waals surface area (Å²) < 4.78 is 0. The lowest BCUT2D eigenvalue weighted by molar-refractivity contribution is -0.121. The first-order valence-corrected chi connectivity index (χ1v) is 4.33. The third-order valence-corrected chi connectivity index (χ3v) is 2.02. The Bertz CT molecular complexity index is 171. The van der Waals surface area contributed by atoms with Gasteiger partial charge in [0.05, 0.1) is 0 Å². The summed E-state index contributed by atoms with van der Waals surface area (Å²) in [6.07, 6.45) is 0.935. The molecule has 70 valence electrons. The average molecular weight is 170 g/mol. The van der Waals surface area contributed by atoms with E-state index in [0.717, 1.165) is 19.5 Å². The molecule has 0 aromatic heterocycles. The van der Waals surface area contributed by atoms with Gasteiger partial charge in [0.2, 0.25) is 6.41 Å². The van der Waals surface area contributed by atoms with Gasteiger partial charge in [-0.1, -0.05) is 0 Å². The molecule has 0 unspecified atom stereocenters. The van der Waals surface area contributed by atoms with Crippen molar-refractivity contribution in [2.75, 3.05) is 13.1 Å². The minimum Gasteiger partial charge on any atom is -0.342 e. The zero-order valence-electron chi connectivity index (χ0n) is 8.35. The number of rotatable bonds is 1. The van der Waals surface area contributed by atoms with E-state index in [2.05, 4.69) is 33.0 Å². The highest BCUT2D eigenvalue weighted by Gasteiger charge is 2.35. The lowest BCUT2D eigenvalue weighted by atomic mass is 9.92. The van der Waals surface area contributed by atoms with Gasteiger partial charge < -0.3 is 10.2 Å². The predicted molar refractivity (Wildman–Crippen MR) is 48.9 cm³/mol. The minimum absolute atomic E-state index is 0.0304. The van der Waals surface area contributed by atoms with Gasteiger partial charge in [0.25, 0.3) is 0 Å². The summed E-state index contributed by atoms with van der Waals surface area (Å²) in [4.78, 5) is 12.5. The predicted octanol–water partition coefficient (Wildman–Crippen LogP) is 0.605. The summed E-state index contributed by atoms with van der Waals surface area (Å²) in [7, 11) is 0. The lowest BCUT2D eigenvalue weighted by Crippen LogP contribution is -2.66. The molecule has 0 radical (unpaired) electrons. The number of carbonyl (C=O) groups is 1. The molecule has 1 aliphatic rings. The van der Waals surface area contributed by atoms with Crippen LogP contribution >= 0.6 is 0 Å². The van der Waals surface area contributed by atoms with Crippen molar-refractivity contribution in [2.45, 2.75) is 38.8 Å². The second-order valence-electron chi connectivity index (χ2n) is 4.90. The highest BCUT2D eigenvalue weighted by molar-refractivity contribution is 5.48. The first-order valence-electron chi connectivity index (χ1n) is 4.33. The molecule has 1 aliphatic heterocycles. The van der Waals surface area contributed by atoms with Gasteiger partial charge in [0, 0.05) is 24.2 Å². The van der Waals surface area contributed by atoms with Crippen molar-refractivity contribution in [3.8, 4) is 0 Å². The minimum atomic E-state index is 0.0304. The van der Waals surface area contributed by atoms with E-state index >= 15 is 0 Å². The van der Waals surface area contributed by atoms with E-state index in [1.807, 2.05) is 4.90 Å². The van der Waals surface area contributed by atoms with Gasteiger partial charge in [-0.3, -0.25) is 4.79 Å². The Kier molecular flexibility index (Phi) is 2.17. The number of nitrogens with zero attached hydrogens (tertiary/aromatic N) is 1. The van der Waals surface area contributed by atoms with Crippen LogP contribution in [0.15, 0.2) is 0 Å². The number of carbonyl (C=O) groups excluding carboxylic acids is 1. The molecule has 0 aromatic carbocycles. The van der Waals surface area contributed by atoms with E-state index in [1.165, 1.54) is 0 Å². The maximum absolute atomic E-state index is 10.6. The van der Waals surface area contributed by atoms with Gasteiger partial charge >= 0.3 is 0 Å². The van der Waals surface area contributed by atoms with Crippen LogP contribution in [0.5, 0.6) is 0 Å². The van der Waals surface area contributed by atoms with Gasteiger partial charge in [0.1, 0.15) is 0 Å². The van der Waals surface area contributed by atoms with Crippen molar-refractivity contribution in [3.05, 3.63) is 0 Å². The van der Waals surface area contributed by atoms with Crippen molar-refractivity contribution in [1.29, 1.82) is 0 Å². The van der Waals surface area contributed by atoms with Crippen LogP contribution in [0.25, 0.3) is 0 Å². The molecular formula is C9H18N2O. The third-order valence-electron chi connectivity index (χ3n) is 2.02. The van der Waals surface area contributed by atoms with Crippen LogP contribution < -0.4 is 5.32 Å². The molecule has 1 saturated heterocycles. The van der Waals surface area contributed by atoms with Crippen LogP contribution in [0.4, 0.5) is 0 Å². The van der Waals surface area contributed by atoms with Crippen LogP contribution in [-0.4, -0.2) is 35.5 Å². The molecule has 0 spiro atoms. The summed E-state index contributed by atoms with van der Waals surface area (Å²) in [6, 6.07) is 0. The second-order valence-corrected chi connectivity index (χ2v) is 4.90. The van der Waals surface area contributed by atoms with Gasteiger partial charge in [-0.2, -0.15) is 0 Å². The molecule has 1 amide bonds. The highest BCUT2D eigenvalue weighted by Crippen LogP contribution is 2.19. The van der Waals surface area contributed by atoms with Crippen molar-refractivity contribution < 1.29 is 4.79 Å². The SMILES string of the molecule is CC1(C)CN(C=O)CC(C)(C)N1. The molecule has 0 aromatic rings. The smallest absolute Gasteiger partial charge is 0.209 e. The Labute approximate surface area is 74.1 Å². The fourth-order valence-electron chi connectivity index (χ4n) is 2.14. The monoisotopic (exact) mass is 170 g/mol. The molecule has 1 N–H and O–H groups in total. The van der Waals surface area contributed by atoms with Gasteiger partial charge in [-0.05, 0) is 27.7 Å². The lowest BCUT2D eigenvalue weighted by Gasteiger charge is -2.46. The summed E-state index contributed by atoms with van der Waals surface area (Å²) in [6.45, 7) is 10.0. The molecule has 1 heterocycles. The molecular weight excluding hydrogens is 152 g/mol. The van der Waals surface area contributed by atoms with Crippen LogP contribution in [-0.2, 0) is 4.79 Å². The normalized spacial score (nSPS) is 26.8. The Morgan fingerprint density at radius 3 is 1.92 bits per heavy atom. The standard InChI is InChI=1S/C9H18N2O/c1-8(2)5-11(7-12)6-9(3,4)10-8/h7,10H,5-6H2,1-4H3. The number of amides is 1. The molecule has 1 fully saturated rings. The van der Waals surface area contributed by atoms with Crippen molar-refractivity contribution in [1.82, 2.24) is 10.2 Å². The second kappa shape index (κ2) is 2.73. The number of nitrogens with one attached hydrogen (secondary N) is 1. The van der Waals surface area contributed by atoms with Crippen LogP contribution in [0.1, 0.15) is 27.7 Å². The zero-order chi connectivity index (χ0) is 9.41. The average Bonchev–Trinajstić information content (AvgIpc) is 1.80. The quantitative estimate of drug-likeness (QED) is 0.585. The summed E-state index contributed by atoms with van der Waals surface area (Å²) >= 11 is 0. The Morgan fingerprint density at radius 2 is 1.58 bits per heavy atom. The van der Waals surface area contributed by atoms with Crippen molar-refractivity contribution in [3.63, 3.8) is 0 Å². The van der Waals surface area contributed by atoms with Crippen LogP contribution in [0, 0.1) is 0 Å². The Balaban J connectivity index is 2.72. The van der Waals surface area contributed by atoms with Gasteiger partial charge in [-0.15, -0.1) is 0 Å². The molecule has 3 nitrogen and oxygen atoms in total. The molecule has 0 saturated carbocycles. The van der Waals surface area contributed by atoms with Crippen molar-refractivity contribution in [2.24, 2.45) is 0 Å². The van der Waals surface area contributed by atoms with Gasteiger partial charge in [-0.25, -0.2) is 0 Å². The summed E-state index contributed by atoms with van der Waals surface area (Å²) in [5, 5.41) is 3.50. The largest absolute Gasteiger partial charge is 0.342 e. The third kappa shape index (κ3) is 2.21. The number of hydrogen-bond donors (Lipinski definition) is 1. The number of hydrogen-bond acceptors (Lipinski definition) is 2. The fourth-order valence-corrected chi connectivity index (χ4v) is 2.14. The summed E-state index contributed by atoms with van der Waals surface area (Å²) in [5.74, 6) is 0. The Morgan fingerprint density at radius 1 is 1.17 bits per heavy atom. The van der Waals surface area contributed by atoms with E-state index in [9.17, 15) is 4.79 Å². The molecule has 0 aliphatic carbocycles. The maximum Gasteiger partial charge on any atom is 0.209 e. The van der Waals surface area contributed by atoms with E-state index in [1.54, 1.807) is 0 Å². The van der Waals surface area contributed by atoms with E-state index in [4.69, 9.17) is 0 Å². The molecule has 3 heteroatoms. The van der Waals surface area contributed by atoms with Crippen LogP contribution in [0.2, 0.25) is 0 Å². The van der Waals surface area contributed by atoms with E-state index in [0.29, 0.717) is 0 Å².